The molecule has 0 saturated heterocycles. The number of aliphatic carboxylic acids is 1. The number of methoxy groups -OCH3 is 1. The summed E-state index contributed by atoms with van der Waals surface area (Å²) in [6.07, 6.45) is 0.398. The molecule has 0 spiro atoms. The lowest BCUT2D eigenvalue weighted by molar-refractivity contribution is -0.141. The van der Waals surface area contributed by atoms with Crippen LogP contribution in [-0.4, -0.2) is 36.7 Å². The second-order valence-electron chi connectivity index (χ2n) is 5.82. The first-order valence-electron chi connectivity index (χ1n) is 8.23. The smallest absolute Gasteiger partial charge is 0.321 e. The first-order valence-corrected chi connectivity index (χ1v) is 8.98. The van der Waals surface area contributed by atoms with Crippen LogP contribution in [0.15, 0.2) is 42.5 Å². The Hall–Kier alpha value is -2.28. The number of amides is 1. The van der Waals surface area contributed by atoms with E-state index in [1.54, 1.807) is 19.2 Å². The van der Waals surface area contributed by atoms with Crippen LogP contribution in [0.5, 0.6) is 5.75 Å². The molecule has 2 aromatic carbocycles. The molecule has 2 rings (SSSR count). The lowest BCUT2D eigenvalue weighted by Crippen LogP contribution is -2.40. The van der Waals surface area contributed by atoms with Gasteiger partial charge in [0.1, 0.15) is 11.8 Å². The Labute approximate surface area is 167 Å². The predicted octanol–water partition coefficient (Wildman–Crippen LogP) is 3.62. The first kappa shape index (κ1) is 21.0. The fraction of sp³-hybridized carbons (Fsp3) is 0.263. The van der Waals surface area contributed by atoms with Crippen molar-refractivity contribution in [1.29, 1.82) is 0 Å². The topological polar surface area (TPSA) is 87.7 Å². The van der Waals surface area contributed by atoms with E-state index < -0.39 is 17.9 Å². The maximum atomic E-state index is 12.1. The molecule has 3 N–H and O–H groups in total. The molecule has 0 aliphatic heterocycles. The maximum absolute atomic E-state index is 12.1. The zero-order valence-corrected chi connectivity index (χ0v) is 16.2. The number of carboxylic acids is 1. The monoisotopic (exact) mass is 410 g/mol. The van der Waals surface area contributed by atoms with E-state index in [-0.39, 0.29) is 11.4 Å². The molecule has 8 heteroatoms. The lowest BCUT2D eigenvalue weighted by atomic mass is 10.1. The molecule has 0 heterocycles. The molecule has 0 aliphatic carbocycles. The van der Waals surface area contributed by atoms with Gasteiger partial charge in [0.15, 0.2) is 0 Å². The zero-order valence-electron chi connectivity index (χ0n) is 14.7. The average Bonchev–Trinajstić information content (AvgIpc) is 2.63. The van der Waals surface area contributed by atoms with Crippen LogP contribution in [0.2, 0.25) is 10.0 Å². The number of benzene rings is 2. The van der Waals surface area contributed by atoms with Crippen molar-refractivity contribution in [3.05, 3.63) is 58.1 Å². The van der Waals surface area contributed by atoms with Crippen LogP contribution in [0.1, 0.15) is 12.0 Å². The standard InChI is InChI=1S/C19H20Cl2N2O4/c1-27-14-5-2-12(3-6-14)8-9-22-17(19(25)26)11-18(24)23-16-7-4-13(20)10-15(16)21/h2-7,10,17,22H,8-9,11H2,1H3,(H,23,24)(H,25,26)/t17-/m1/s1. The number of ether oxygens (including phenoxy) is 1. The fourth-order valence-electron chi connectivity index (χ4n) is 2.41. The minimum Gasteiger partial charge on any atom is -0.497 e. The third-order valence-corrected chi connectivity index (χ3v) is 4.40. The van der Waals surface area contributed by atoms with Crippen molar-refractivity contribution >= 4 is 40.8 Å². The molecule has 0 aliphatic rings. The van der Waals surface area contributed by atoms with Crippen LogP contribution < -0.4 is 15.4 Å². The number of carbonyl (C=O) groups excluding carboxylic acids is 1. The van der Waals surface area contributed by atoms with E-state index in [0.29, 0.717) is 23.7 Å². The Morgan fingerprint density at radius 3 is 2.44 bits per heavy atom. The quantitative estimate of drug-likeness (QED) is 0.587. The Balaban J connectivity index is 1.86. The van der Waals surface area contributed by atoms with Crippen molar-refractivity contribution in [2.45, 2.75) is 18.9 Å². The highest BCUT2D eigenvalue weighted by molar-refractivity contribution is 6.36. The number of anilines is 1. The van der Waals surface area contributed by atoms with Gasteiger partial charge >= 0.3 is 5.97 Å². The molecule has 2 aromatic rings. The van der Waals surface area contributed by atoms with Crippen molar-refractivity contribution in [3.63, 3.8) is 0 Å². The predicted molar refractivity (Wildman–Crippen MR) is 106 cm³/mol. The summed E-state index contributed by atoms with van der Waals surface area (Å²) in [5.41, 5.74) is 1.42. The van der Waals surface area contributed by atoms with E-state index in [4.69, 9.17) is 27.9 Å². The van der Waals surface area contributed by atoms with E-state index in [1.165, 1.54) is 6.07 Å². The minimum absolute atomic E-state index is 0.225. The zero-order chi connectivity index (χ0) is 19.8. The van der Waals surface area contributed by atoms with Gasteiger partial charge in [0.2, 0.25) is 5.91 Å². The maximum Gasteiger partial charge on any atom is 0.321 e. The number of carbonyl (C=O) groups is 2. The van der Waals surface area contributed by atoms with E-state index >= 15 is 0 Å². The second kappa shape index (κ2) is 10.2. The van der Waals surface area contributed by atoms with Crippen LogP contribution in [0.25, 0.3) is 0 Å². The highest BCUT2D eigenvalue weighted by Gasteiger charge is 2.21. The number of hydrogen-bond acceptors (Lipinski definition) is 4. The summed E-state index contributed by atoms with van der Waals surface area (Å²) in [6.45, 7) is 0.415. The summed E-state index contributed by atoms with van der Waals surface area (Å²) in [5.74, 6) is -0.793. The van der Waals surface area contributed by atoms with Crippen molar-refractivity contribution in [1.82, 2.24) is 5.32 Å². The first-order chi connectivity index (χ1) is 12.9. The summed E-state index contributed by atoms with van der Waals surface area (Å²) >= 11 is 11.8. The SMILES string of the molecule is COc1ccc(CCN[C@H](CC(=O)Nc2ccc(Cl)cc2Cl)C(=O)O)cc1. The lowest BCUT2D eigenvalue weighted by Gasteiger charge is -2.15. The van der Waals surface area contributed by atoms with Crippen molar-refractivity contribution in [2.75, 3.05) is 19.0 Å². The minimum atomic E-state index is -1.10. The third-order valence-electron chi connectivity index (χ3n) is 3.86. The molecule has 6 nitrogen and oxygen atoms in total. The highest BCUT2D eigenvalue weighted by Crippen LogP contribution is 2.25. The molecule has 144 valence electrons. The summed E-state index contributed by atoms with van der Waals surface area (Å²) in [5, 5.41) is 15.6. The van der Waals surface area contributed by atoms with Gasteiger partial charge in [0.25, 0.3) is 0 Å². The summed E-state index contributed by atoms with van der Waals surface area (Å²) < 4.78 is 5.10. The Bertz CT molecular complexity index is 797. The van der Waals surface area contributed by atoms with Crippen LogP contribution in [0.3, 0.4) is 0 Å². The van der Waals surface area contributed by atoms with Gasteiger partial charge in [-0.25, -0.2) is 0 Å². The molecular weight excluding hydrogens is 391 g/mol. The van der Waals surface area contributed by atoms with E-state index in [0.717, 1.165) is 11.3 Å². The summed E-state index contributed by atoms with van der Waals surface area (Å²) in [7, 11) is 1.59. The van der Waals surface area contributed by atoms with Gasteiger partial charge in [-0.2, -0.15) is 0 Å². The van der Waals surface area contributed by atoms with Gasteiger partial charge in [-0.3, -0.25) is 9.59 Å². The molecule has 1 amide bonds. The van der Waals surface area contributed by atoms with Gasteiger partial charge < -0.3 is 20.5 Å². The summed E-state index contributed by atoms with van der Waals surface area (Å²) in [4.78, 5) is 23.6. The highest BCUT2D eigenvalue weighted by atomic mass is 35.5. The van der Waals surface area contributed by atoms with E-state index in [2.05, 4.69) is 10.6 Å². The normalized spacial score (nSPS) is 11.7. The van der Waals surface area contributed by atoms with Crippen molar-refractivity contribution in [3.8, 4) is 5.75 Å². The Kier molecular flexibility index (Phi) is 7.91. The number of halogens is 2. The molecule has 0 bridgehead atoms. The van der Waals surface area contributed by atoms with E-state index in [1.807, 2.05) is 24.3 Å². The van der Waals surface area contributed by atoms with Gasteiger partial charge in [0.05, 0.1) is 24.2 Å². The van der Waals surface area contributed by atoms with Gasteiger partial charge in [0, 0.05) is 5.02 Å². The summed E-state index contributed by atoms with van der Waals surface area (Å²) in [6, 6.07) is 11.1. The van der Waals surface area contributed by atoms with Crippen LogP contribution >= 0.6 is 23.2 Å². The van der Waals surface area contributed by atoms with Gasteiger partial charge in [-0.15, -0.1) is 0 Å². The van der Waals surface area contributed by atoms with Crippen LogP contribution in [0.4, 0.5) is 5.69 Å². The Morgan fingerprint density at radius 1 is 1.15 bits per heavy atom. The van der Waals surface area contributed by atoms with Crippen LogP contribution in [0, 0.1) is 0 Å². The van der Waals surface area contributed by atoms with Crippen molar-refractivity contribution in [2.24, 2.45) is 0 Å². The molecule has 1 atom stereocenters. The molecule has 27 heavy (non-hydrogen) atoms. The van der Waals surface area contributed by atoms with E-state index in [9.17, 15) is 14.7 Å². The van der Waals surface area contributed by atoms with Gasteiger partial charge in [-0.05, 0) is 48.9 Å². The third kappa shape index (κ3) is 6.75. The number of nitrogens with one attached hydrogen (secondary N) is 2. The second-order valence-corrected chi connectivity index (χ2v) is 6.66. The number of hydrogen-bond donors (Lipinski definition) is 3. The number of rotatable bonds is 9. The molecule has 0 fully saturated rings. The average molecular weight is 411 g/mol. The largest absolute Gasteiger partial charge is 0.497 e. The Morgan fingerprint density at radius 2 is 1.85 bits per heavy atom. The molecule has 0 saturated carbocycles. The fourth-order valence-corrected chi connectivity index (χ4v) is 2.86. The molecule has 0 aromatic heterocycles. The molecule has 0 unspecified atom stereocenters. The number of carboxylic acid groups (broad SMARTS) is 1. The van der Waals surface area contributed by atoms with Gasteiger partial charge in [-0.1, -0.05) is 35.3 Å². The van der Waals surface area contributed by atoms with Crippen LogP contribution in [-0.2, 0) is 16.0 Å². The molecule has 0 radical (unpaired) electrons. The van der Waals surface area contributed by atoms with Crippen molar-refractivity contribution < 1.29 is 19.4 Å². The molecular formula is C19H20Cl2N2O4.